The van der Waals surface area contributed by atoms with Gasteiger partial charge in [0.2, 0.25) is 5.95 Å². The molecule has 8 heterocycles. The number of anilines is 5. The van der Waals surface area contributed by atoms with E-state index in [1.165, 1.54) is 78.0 Å². The van der Waals surface area contributed by atoms with Gasteiger partial charge in [0, 0.05) is 156 Å². The van der Waals surface area contributed by atoms with Crippen LogP contribution < -0.4 is 38.7 Å². The topological polar surface area (TPSA) is 101 Å². The number of allylic oxidation sites excluding steroid dienone is 3. The molecule has 13 aromatic carbocycles. The first-order valence-electron chi connectivity index (χ1n) is 49.2. The number of rotatable bonds is 18. The normalized spacial score (nSPS) is 14.6. The summed E-state index contributed by atoms with van der Waals surface area (Å²) in [6.45, 7) is 44.4. The summed E-state index contributed by atoms with van der Waals surface area (Å²) in [5, 5.41) is 4.49. The van der Waals surface area contributed by atoms with Crippen LogP contribution in [0.1, 0.15) is 155 Å². The van der Waals surface area contributed by atoms with E-state index in [9.17, 15) is 0 Å². The van der Waals surface area contributed by atoms with Crippen LogP contribution in [0, 0.1) is 115 Å². The summed E-state index contributed by atoms with van der Waals surface area (Å²) in [5.74, 6) is 5.47. The summed E-state index contributed by atoms with van der Waals surface area (Å²) in [6.07, 6.45) is 25.9. The van der Waals surface area contributed by atoms with E-state index < -0.39 is 5.41 Å². The molecule has 744 valence electrons. The molecule has 3 aliphatic heterocycles. The molecule has 1 atom stereocenters. The number of hydrogen-bond donors (Lipinski definition) is 0. The monoisotopic (exact) mass is 2450 g/mol. The van der Waals surface area contributed by atoms with Gasteiger partial charge in [0.05, 0.1) is 22.3 Å². The van der Waals surface area contributed by atoms with E-state index in [1.54, 1.807) is 0 Å². The molecule has 5 aliphatic rings. The van der Waals surface area contributed by atoms with Crippen LogP contribution >= 0.6 is 0 Å². The standard InChI is InChI=1S/C45H42N5O.C43H34N3O.C40H39N4O.3Pt/c1-29-22-31(3)41(25-30(29)2)48-21-20-47(28-48)35-12-11-13-36(26-35)51-37-16-17-39-38-14-9-10-15-40(38)50(42(39)27-37)44-46-18-19-49(44)43-32(4)23-34(24-33(43)5)45(6,7)8;1-30(2)32-21-22-41(31(3)26-32)46-25-24-45(29-46)34-13-11-15-36(28-34)47-35-14-10-12-33(27-35)43(42-20-8-9-23-44-42)39-18-6-4-16-37(39)38-17-5-7-19-40(38)43;1-39(2,3)28-22-29(40(4,5)6)24-32(23-28)43-21-20-42(27-43)30-12-9-14-33(25-30)45-34-15-10-13-31(26-34)44-37-18-8-7-16-35(37)36-17-11-19-41-38(36)44;;;/h9-25,28H,1-8H3;4-26,29-30H,1-3H3;7-21,23-24,27-28H,22H2,1-6H3;;;/q3*-3;;;. The Morgan fingerprint density at radius 3 is 1.44 bits per heavy atom. The van der Waals surface area contributed by atoms with Crippen LogP contribution in [0.25, 0.3) is 72.2 Å². The molecule has 0 saturated carbocycles. The van der Waals surface area contributed by atoms with Gasteiger partial charge < -0.3 is 52.7 Å². The van der Waals surface area contributed by atoms with Gasteiger partial charge in [-0.2, -0.15) is 42.5 Å². The van der Waals surface area contributed by atoms with E-state index in [1.807, 2.05) is 134 Å². The smallest absolute Gasteiger partial charge is 0.217 e. The van der Waals surface area contributed by atoms with Gasteiger partial charge in [-0.1, -0.05) is 220 Å². The minimum atomic E-state index is -0.635. The van der Waals surface area contributed by atoms with E-state index in [2.05, 4.69) is 430 Å². The van der Waals surface area contributed by atoms with Gasteiger partial charge in [-0.25, -0.2) is 9.97 Å². The van der Waals surface area contributed by atoms with E-state index in [4.69, 9.17) is 29.2 Å². The van der Waals surface area contributed by atoms with Crippen molar-refractivity contribution < 1.29 is 77.4 Å². The van der Waals surface area contributed by atoms with Gasteiger partial charge >= 0.3 is 0 Å². The van der Waals surface area contributed by atoms with Gasteiger partial charge in [0.15, 0.2) is 0 Å². The molecule has 0 fully saturated rings. The van der Waals surface area contributed by atoms with E-state index in [0.717, 1.165) is 107 Å². The van der Waals surface area contributed by atoms with Crippen molar-refractivity contribution in [1.29, 1.82) is 0 Å². The van der Waals surface area contributed by atoms with E-state index >= 15 is 0 Å². The first kappa shape index (κ1) is 102. The molecule has 0 amide bonds. The zero-order valence-electron chi connectivity index (χ0n) is 85.0. The molecule has 15 nitrogen and oxygen atoms in total. The third-order valence-electron chi connectivity index (χ3n) is 28.0. The predicted octanol–water partition coefficient (Wildman–Crippen LogP) is 31.5. The maximum atomic E-state index is 6.49. The number of nitrogens with zero attached hydrogens (tertiary/aromatic N) is 12. The van der Waals surface area contributed by atoms with Crippen molar-refractivity contribution in [2.45, 2.75) is 141 Å². The van der Waals surface area contributed by atoms with Gasteiger partial charge in [-0.15, -0.1) is 145 Å². The Hall–Kier alpha value is -14.1. The Bertz CT molecular complexity index is 7980. The first-order valence-corrected chi connectivity index (χ1v) is 49.2. The Morgan fingerprint density at radius 2 is 0.870 bits per heavy atom. The molecule has 1 unspecified atom stereocenters. The predicted molar refractivity (Wildman–Crippen MR) is 582 cm³/mol. The second kappa shape index (κ2) is 41.8. The van der Waals surface area contributed by atoms with Gasteiger partial charge in [0.1, 0.15) is 5.65 Å². The Morgan fingerprint density at radius 1 is 0.384 bits per heavy atom. The maximum Gasteiger partial charge on any atom is 0.217 e. The Labute approximate surface area is 902 Å². The number of para-hydroxylation sites is 2. The summed E-state index contributed by atoms with van der Waals surface area (Å²) in [4.78, 5) is 27.3. The average Bonchev–Trinajstić information content (AvgIpc) is 1.54. The number of hydrogen-bond acceptors (Lipinski definition) is 12. The molecular weight excluding hydrogens is 2340 g/mol. The molecule has 0 radical (unpaired) electrons. The van der Waals surface area contributed by atoms with E-state index in [0.29, 0.717) is 46.3 Å². The summed E-state index contributed by atoms with van der Waals surface area (Å²) < 4.78 is 25.9. The van der Waals surface area contributed by atoms with Crippen LogP contribution in [0.5, 0.6) is 34.5 Å². The molecule has 0 N–H and O–H groups in total. The molecule has 2 aliphatic carbocycles. The number of imidazole rings is 1. The van der Waals surface area contributed by atoms with E-state index in [-0.39, 0.29) is 79.4 Å². The van der Waals surface area contributed by atoms with Crippen molar-refractivity contribution in [1.82, 2.24) is 33.6 Å². The van der Waals surface area contributed by atoms with Crippen molar-refractivity contribution in [3.8, 4) is 62.9 Å². The summed E-state index contributed by atoms with van der Waals surface area (Å²) in [7, 11) is 0. The largest absolute Gasteiger partial charge is 0.509 e. The summed E-state index contributed by atoms with van der Waals surface area (Å²) in [5.41, 5.74) is 30.2. The average molecular weight is 2450 g/mol. The number of aromatic nitrogens is 6. The fraction of sp³-hybridized carbons (Fsp3) is 0.188. The second-order valence-electron chi connectivity index (χ2n) is 41.2. The summed E-state index contributed by atoms with van der Waals surface area (Å²) >= 11 is 0. The fourth-order valence-electron chi connectivity index (χ4n) is 20.3. The Kier molecular flexibility index (Phi) is 29.2. The molecule has 18 aromatic rings. The van der Waals surface area contributed by atoms with Crippen LogP contribution in [0.4, 0.5) is 28.4 Å². The van der Waals surface area contributed by atoms with Crippen molar-refractivity contribution >= 4 is 72.2 Å². The minimum Gasteiger partial charge on any atom is -0.509 e. The van der Waals surface area contributed by atoms with Crippen LogP contribution in [0.2, 0.25) is 0 Å². The van der Waals surface area contributed by atoms with Gasteiger partial charge in [-0.3, -0.25) is 9.55 Å². The summed E-state index contributed by atoms with van der Waals surface area (Å²) in [6, 6.07) is 115. The number of pyridine rings is 2. The van der Waals surface area contributed by atoms with Crippen LogP contribution in [0.3, 0.4) is 0 Å². The van der Waals surface area contributed by atoms with Gasteiger partial charge in [-0.05, 0) is 240 Å². The van der Waals surface area contributed by atoms with Crippen LogP contribution in [-0.2, 0) is 74.0 Å². The molecule has 146 heavy (non-hydrogen) atoms. The molecule has 18 heteroatoms. The number of fused-ring (bicyclic) bond motifs is 9. The third-order valence-corrected chi connectivity index (χ3v) is 28.0. The minimum absolute atomic E-state index is 0. The Balaban J connectivity index is 0.000000142. The number of benzene rings is 13. The second-order valence-corrected chi connectivity index (χ2v) is 41.2. The quantitative estimate of drug-likeness (QED) is 0.0765. The third kappa shape index (κ3) is 20.1. The van der Waals surface area contributed by atoms with Crippen molar-refractivity contribution in [2.24, 2.45) is 16.7 Å². The molecule has 5 aromatic heterocycles. The fourth-order valence-corrected chi connectivity index (χ4v) is 20.3. The van der Waals surface area contributed by atoms with Crippen molar-refractivity contribution in [3.63, 3.8) is 0 Å². The SMILES string of the molecule is CC(C)(C)C1=CC(N2C=CN(c3[c-]c(Oc4[c-]c(-n5c6ccccc6c6cccnc65)ccc4)ccc3)[CH-]2)=CC(C(C)(C)C)C1.Cc1cc(C(C)C)ccc1N1C=CN(c2[c-]c(Oc3[c-]c(C4(c5ccccn5)c5ccccc5-c5ccccc54)ccc3)ccc2)[CH-]1.Cc1cc(C)c(N2C=CN(c3[c-]c(Oc4[c-]c5c(cc4)c4ccccc4n5-c4nccn4-c4c(C)cc(C(C)(C)C)cc4C)ccc3)[CH-]2)cc1C.[Pt].[Pt].[Pt]. The van der Waals surface area contributed by atoms with Crippen molar-refractivity contribution in [3.05, 3.63) is 482 Å². The number of aryl methyl sites for hydroxylation is 6. The van der Waals surface area contributed by atoms with Crippen LogP contribution in [-0.4, -0.2) is 33.6 Å². The molecular formula is C128H115N12O3Pt3-9. The van der Waals surface area contributed by atoms with Crippen molar-refractivity contribution in [2.75, 3.05) is 24.5 Å². The maximum absolute atomic E-state index is 6.49. The first-order chi connectivity index (χ1) is 69.0. The van der Waals surface area contributed by atoms with Crippen LogP contribution in [0.15, 0.2) is 358 Å². The number of ether oxygens (including phenoxy) is 3. The molecule has 0 spiro atoms. The molecule has 23 rings (SSSR count). The zero-order chi connectivity index (χ0) is 98.9. The van der Waals surface area contributed by atoms with Gasteiger partial charge in [0.25, 0.3) is 0 Å². The zero-order valence-corrected chi connectivity index (χ0v) is 91.9. The molecule has 0 bridgehead atoms. The molecule has 0 saturated heterocycles.